The van der Waals surface area contributed by atoms with E-state index in [1.165, 1.54) is 11.1 Å². The quantitative estimate of drug-likeness (QED) is 0.827. The van der Waals surface area contributed by atoms with E-state index < -0.39 is 0 Å². The molecule has 0 saturated heterocycles. The Morgan fingerprint density at radius 3 is 2.62 bits per heavy atom. The molecule has 0 amide bonds. The van der Waals surface area contributed by atoms with Gasteiger partial charge in [0, 0.05) is 13.0 Å². The fraction of sp³-hybridized carbons (Fsp3) is 0.333. The monoisotopic (exact) mass is 233 g/mol. The SMILES string of the molecule is CCn1c(Cc2ccc(C)cc2)n[nH]c1=S. The molecular weight excluding hydrogens is 218 g/mol. The van der Waals surface area contributed by atoms with Gasteiger partial charge in [0.15, 0.2) is 4.77 Å². The molecule has 16 heavy (non-hydrogen) atoms. The molecule has 1 aromatic carbocycles. The molecule has 0 aliphatic carbocycles. The number of hydrogen-bond donors (Lipinski definition) is 1. The topological polar surface area (TPSA) is 33.6 Å². The highest BCUT2D eigenvalue weighted by Gasteiger charge is 2.04. The molecule has 4 heteroatoms. The first kappa shape index (κ1) is 11.1. The third-order valence-electron chi connectivity index (χ3n) is 2.64. The zero-order chi connectivity index (χ0) is 11.5. The zero-order valence-corrected chi connectivity index (χ0v) is 10.3. The molecule has 0 spiro atoms. The normalized spacial score (nSPS) is 10.6. The average molecular weight is 233 g/mol. The van der Waals surface area contributed by atoms with Gasteiger partial charge in [0.05, 0.1) is 0 Å². The van der Waals surface area contributed by atoms with E-state index in [0.717, 1.165) is 18.8 Å². The lowest BCUT2D eigenvalue weighted by Gasteiger charge is -2.03. The molecule has 1 heterocycles. The molecule has 0 aliphatic rings. The summed E-state index contributed by atoms with van der Waals surface area (Å²) in [6, 6.07) is 8.50. The van der Waals surface area contributed by atoms with Crippen molar-refractivity contribution in [2.45, 2.75) is 26.8 Å². The Morgan fingerprint density at radius 1 is 1.31 bits per heavy atom. The van der Waals surface area contributed by atoms with Gasteiger partial charge in [-0.2, -0.15) is 5.10 Å². The van der Waals surface area contributed by atoms with Gasteiger partial charge in [-0.1, -0.05) is 29.8 Å². The molecular formula is C12H15N3S. The minimum atomic E-state index is 0.699. The van der Waals surface area contributed by atoms with Gasteiger partial charge in [-0.15, -0.1) is 0 Å². The lowest BCUT2D eigenvalue weighted by Crippen LogP contribution is -2.02. The van der Waals surface area contributed by atoms with Crippen molar-refractivity contribution < 1.29 is 0 Å². The summed E-state index contributed by atoms with van der Waals surface area (Å²) in [6.45, 7) is 5.02. The Labute approximate surface area is 100 Å². The van der Waals surface area contributed by atoms with Crippen LogP contribution in [0.15, 0.2) is 24.3 Å². The van der Waals surface area contributed by atoms with Gasteiger partial charge in [0.2, 0.25) is 0 Å². The highest BCUT2D eigenvalue weighted by atomic mass is 32.1. The summed E-state index contributed by atoms with van der Waals surface area (Å²) in [5, 5.41) is 7.09. The summed E-state index contributed by atoms with van der Waals surface area (Å²) in [5.74, 6) is 0.997. The standard InChI is InChI=1S/C12H15N3S/c1-3-15-11(13-14-12(15)16)8-10-6-4-9(2)5-7-10/h4-7H,3,8H2,1-2H3,(H,14,16). The van der Waals surface area contributed by atoms with E-state index in [2.05, 4.69) is 48.3 Å². The number of benzene rings is 1. The molecule has 0 fully saturated rings. The van der Waals surface area contributed by atoms with Crippen LogP contribution in [0.2, 0.25) is 0 Å². The number of aryl methyl sites for hydroxylation is 1. The first-order valence-electron chi connectivity index (χ1n) is 5.40. The Hall–Kier alpha value is -1.42. The van der Waals surface area contributed by atoms with Crippen molar-refractivity contribution in [1.29, 1.82) is 0 Å². The maximum Gasteiger partial charge on any atom is 0.195 e. The Balaban J connectivity index is 2.27. The highest BCUT2D eigenvalue weighted by Crippen LogP contribution is 2.09. The molecule has 0 unspecified atom stereocenters. The van der Waals surface area contributed by atoms with Gasteiger partial charge >= 0.3 is 0 Å². The molecule has 84 valence electrons. The summed E-state index contributed by atoms with van der Waals surface area (Å²) in [5.41, 5.74) is 2.53. The van der Waals surface area contributed by atoms with Crippen LogP contribution in [0.25, 0.3) is 0 Å². The van der Waals surface area contributed by atoms with Crippen LogP contribution in [0.5, 0.6) is 0 Å². The maximum absolute atomic E-state index is 5.15. The van der Waals surface area contributed by atoms with Crippen LogP contribution in [0.3, 0.4) is 0 Å². The fourth-order valence-electron chi connectivity index (χ4n) is 1.70. The van der Waals surface area contributed by atoms with Crippen molar-refractivity contribution in [3.63, 3.8) is 0 Å². The van der Waals surface area contributed by atoms with Crippen molar-refractivity contribution in [2.24, 2.45) is 0 Å². The maximum atomic E-state index is 5.15. The molecule has 2 rings (SSSR count). The number of aromatic nitrogens is 3. The number of nitrogens with zero attached hydrogens (tertiary/aromatic N) is 2. The van der Waals surface area contributed by atoms with E-state index in [4.69, 9.17) is 12.2 Å². The smallest absolute Gasteiger partial charge is 0.195 e. The first-order valence-corrected chi connectivity index (χ1v) is 5.81. The summed E-state index contributed by atoms with van der Waals surface area (Å²) in [6.07, 6.45) is 0.821. The zero-order valence-electron chi connectivity index (χ0n) is 9.53. The van der Waals surface area contributed by atoms with Gasteiger partial charge in [-0.3, -0.25) is 5.10 Å². The van der Waals surface area contributed by atoms with Crippen molar-refractivity contribution in [1.82, 2.24) is 14.8 Å². The first-order chi connectivity index (χ1) is 7.70. The predicted molar refractivity (Wildman–Crippen MR) is 67.1 cm³/mol. The summed E-state index contributed by atoms with van der Waals surface area (Å²) < 4.78 is 2.72. The second-order valence-electron chi connectivity index (χ2n) is 3.85. The average Bonchev–Trinajstić information content (AvgIpc) is 2.63. The van der Waals surface area contributed by atoms with E-state index in [-0.39, 0.29) is 0 Å². The summed E-state index contributed by atoms with van der Waals surface area (Å²) in [4.78, 5) is 0. The van der Waals surface area contributed by atoms with E-state index in [0.29, 0.717) is 4.77 Å². The van der Waals surface area contributed by atoms with Crippen molar-refractivity contribution in [3.8, 4) is 0 Å². The van der Waals surface area contributed by atoms with Crippen LogP contribution in [-0.2, 0) is 13.0 Å². The Morgan fingerprint density at radius 2 is 2.00 bits per heavy atom. The van der Waals surface area contributed by atoms with E-state index in [9.17, 15) is 0 Å². The number of aromatic amines is 1. The van der Waals surface area contributed by atoms with Crippen molar-refractivity contribution >= 4 is 12.2 Å². The van der Waals surface area contributed by atoms with Crippen LogP contribution < -0.4 is 0 Å². The van der Waals surface area contributed by atoms with Gasteiger partial charge in [0.25, 0.3) is 0 Å². The van der Waals surface area contributed by atoms with Crippen molar-refractivity contribution in [2.75, 3.05) is 0 Å². The van der Waals surface area contributed by atoms with E-state index in [1.807, 2.05) is 4.57 Å². The predicted octanol–water partition coefficient (Wildman–Crippen LogP) is 2.86. The molecule has 0 atom stereocenters. The highest BCUT2D eigenvalue weighted by molar-refractivity contribution is 7.71. The second-order valence-corrected chi connectivity index (χ2v) is 4.24. The molecule has 1 aromatic heterocycles. The number of rotatable bonds is 3. The number of H-pyrrole nitrogens is 1. The van der Waals surface area contributed by atoms with Crippen LogP contribution >= 0.6 is 12.2 Å². The summed E-state index contributed by atoms with van der Waals surface area (Å²) >= 11 is 5.15. The Kier molecular flexibility index (Phi) is 3.19. The minimum Gasteiger partial charge on any atom is -0.304 e. The third kappa shape index (κ3) is 2.22. The molecule has 0 radical (unpaired) electrons. The molecule has 2 aromatic rings. The molecule has 1 N–H and O–H groups in total. The summed E-state index contributed by atoms with van der Waals surface area (Å²) in [7, 11) is 0. The van der Waals surface area contributed by atoms with Crippen LogP contribution in [0.4, 0.5) is 0 Å². The second kappa shape index (κ2) is 4.61. The van der Waals surface area contributed by atoms with Crippen molar-refractivity contribution in [3.05, 3.63) is 46.0 Å². The largest absolute Gasteiger partial charge is 0.304 e. The minimum absolute atomic E-state index is 0.699. The third-order valence-corrected chi connectivity index (χ3v) is 2.95. The van der Waals surface area contributed by atoms with Gasteiger partial charge < -0.3 is 4.57 Å². The lowest BCUT2D eigenvalue weighted by atomic mass is 10.1. The van der Waals surface area contributed by atoms with Gasteiger partial charge in [0.1, 0.15) is 5.82 Å². The van der Waals surface area contributed by atoms with Crippen LogP contribution in [0, 0.1) is 11.7 Å². The fourth-order valence-corrected chi connectivity index (χ4v) is 1.98. The van der Waals surface area contributed by atoms with Crippen LogP contribution in [-0.4, -0.2) is 14.8 Å². The molecule has 0 saturated carbocycles. The number of nitrogens with one attached hydrogen (secondary N) is 1. The van der Waals surface area contributed by atoms with E-state index >= 15 is 0 Å². The lowest BCUT2D eigenvalue weighted by molar-refractivity contribution is 0.704. The van der Waals surface area contributed by atoms with Gasteiger partial charge in [-0.05, 0) is 31.6 Å². The van der Waals surface area contributed by atoms with Crippen LogP contribution in [0.1, 0.15) is 23.9 Å². The number of hydrogen-bond acceptors (Lipinski definition) is 2. The van der Waals surface area contributed by atoms with E-state index in [1.54, 1.807) is 0 Å². The Bertz CT molecular complexity index is 522. The van der Waals surface area contributed by atoms with Gasteiger partial charge in [-0.25, -0.2) is 0 Å². The molecule has 0 aliphatic heterocycles. The molecule has 0 bridgehead atoms. The molecule has 3 nitrogen and oxygen atoms in total.